The Morgan fingerprint density at radius 1 is 1.30 bits per heavy atom. The SMILES string of the molecule is COCO/C(=C1\CCCC(=O)C1)C(O)CO[Si](C)(C)C(C)(C)C. The lowest BCUT2D eigenvalue weighted by Gasteiger charge is -2.37. The molecule has 0 aromatic rings. The monoisotopic (exact) mass is 344 g/mol. The molecule has 0 heterocycles. The normalized spacial score (nSPS) is 20.4. The molecule has 1 saturated carbocycles. The van der Waals surface area contributed by atoms with Gasteiger partial charge in [-0.15, -0.1) is 0 Å². The number of aliphatic hydroxyl groups excluding tert-OH is 1. The maximum Gasteiger partial charge on any atom is 0.192 e. The number of carbonyl (C=O) groups excluding carboxylic acids is 1. The zero-order chi connectivity index (χ0) is 17.7. The summed E-state index contributed by atoms with van der Waals surface area (Å²) in [5.41, 5.74) is 0.879. The summed E-state index contributed by atoms with van der Waals surface area (Å²) in [6.07, 6.45) is 1.69. The van der Waals surface area contributed by atoms with Crippen molar-refractivity contribution in [2.75, 3.05) is 20.5 Å². The summed E-state index contributed by atoms with van der Waals surface area (Å²) in [4.78, 5) is 11.7. The minimum Gasteiger partial charge on any atom is -0.469 e. The first-order valence-corrected chi connectivity index (χ1v) is 11.2. The molecule has 1 N–H and O–H groups in total. The van der Waals surface area contributed by atoms with Gasteiger partial charge in [0.15, 0.2) is 15.1 Å². The molecule has 1 aliphatic rings. The first-order valence-electron chi connectivity index (χ1n) is 8.26. The number of ether oxygens (including phenoxy) is 2. The molecule has 0 aliphatic heterocycles. The van der Waals surface area contributed by atoms with E-state index in [1.807, 2.05) is 0 Å². The van der Waals surface area contributed by atoms with Crippen molar-refractivity contribution in [1.29, 1.82) is 0 Å². The first-order chi connectivity index (χ1) is 10.6. The highest BCUT2D eigenvalue weighted by Gasteiger charge is 2.38. The van der Waals surface area contributed by atoms with E-state index in [2.05, 4.69) is 33.9 Å². The number of Topliss-reactive ketones (excluding diaryl/α,β-unsaturated/α-hetero) is 1. The van der Waals surface area contributed by atoms with Gasteiger partial charge in [-0.3, -0.25) is 4.79 Å². The molecule has 1 unspecified atom stereocenters. The summed E-state index contributed by atoms with van der Waals surface area (Å²) in [5.74, 6) is 0.654. The Balaban J connectivity index is 2.82. The molecule has 0 spiro atoms. The molecule has 23 heavy (non-hydrogen) atoms. The van der Waals surface area contributed by atoms with E-state index in [9.17, 15) is 9.90 Å². The van der Waals surface area contributed by atoms with Crippen LogP contribution in [0.25, 0.3) is 0 Å². The molecule has 0 bridgehead atoms. The number of methoxy groups -OCH3 is 1. The Bertz CT molecular complexity index is 437. The van der Waals surface area contributed by atoms with E-state index in [0.29, 0.717) is 18.6 Å². The average Bonchev–Trinajstić information content (AvgIpc) is 2.44. The zero-order valence-electron chi connectivity index (χ0n) is 15.4. The van der Waals surface area contributed by atoms with Crippen LogP contribution in [0.1, 0.15) is 46.5 Å². The van der Waals surface area contributed by atoms with Crippen LogP contribution in [0.4, 0.5) is 0 Å². The fourth-order valence-corrected chi connectivity index (χ4v) is 3.27. The van der Waals surface area contributed by atoms with Crippen LogP contribution in [-0.2, 0) is 18.7 Å². The molecular formula is C17H32O5Si. The third-order valence-electron chi connectivity index (χ3n) is 4.74. The van der Waals surface area contributed by atoms with E-state index in [1.54, 1.807) is 0 Å². The smallest absolute Gasteiger partial charge is 0.192 e. The Kier molecular flexibility index (Phi) is 7.45. The molecular weight excluding hydrogens is 312 g/mol. The van der Waals surface area contributed by atoms with E-state index >= 15 is 0 Å². The third-order valence-corrected chi connectivity index (χ3v) is 9.24. The van der Waals surface area contributed by atoms with E-state index in [-0.39, 0.29) is 24.2 Å². The quantitative estimate of drug-likeness (QED) is 0.436. The van der Waals surface area contributed by atoms with Gasteiger partial charge in [0.1, 0.15) is 17.6 Å². The van der Waals surface area contributed by atoms with Crippen molar-refractivity contribution in [2.24, 2.45) is 0 Å². The average molecular weight is 345 g/mol. The third kappa shape index (κ3) is 6.03. The Morgan fingerprint density at radius 2 is 1.96 bits per heavy atom. The van der Waals surface area contributed by atoms with Gasteiger partial charge in [-0.05, 0) is 36.5 Å². The number of hydrogen-bond acceptors (Lipinski definition) is 5. The lowest BCUT2D eigenvalue weighted by atomic mass is 9.92. The summed E-state index contributed by atoms with van der Waals surface area (Å²) < 4.78 is 16.6. The lowest BCUT2D eigenvalue weighted by molar-refractivity contribution is -0.119. The van der Waals surface area contributed by atoms with Crippen molar-refractivity contribution in [2.45, 2.75) is 70.7 Å². The number of aliphatic hydroxyl groups is 1. The number of ketones is 1. The molecule has 6 heteroatoms. The predicted octanol–water partition coefficient (Wildman–Crippen LogP) is 3.39. The largest absolute Gasteiger partial charge is 0.469 e. The molecule has 0 aromatic heterocycles. The van der Waals surface area contributed by atoms with Gasteiger partial charge in [0.25, 0.3) is 0 Å². The summed E-state index contributed by atoms with van der Waals surface area (Å²) in [7, 11) is -0.410. The highest BCUT2D eigenvalue weighted by molar-refractivity contribution is 6.74. The first kappa shape index (κ1) is 20.4. The molecule has 1 fully saturated rings. The van der Waals surface area contributed by atoms with Crippen LogP contribution in [0, 0.1) is 0 Å². The van der Waals surface area contributed by atoms with Gasteiger partial charge in [-0.25, -0.2) is 0 Å². The molecule has 1 aliphatic carbocycles. The zero-order valence-corrected chi connectivity index (χ0v) is 16.4. The van der Waals surface area contributed by atoms with Crippen molar-refractivity contribution < 1.29 is 23.8 Å². The van der Waals surface area contributed by atoms with E-state index < -0.39 is 14.4 Å². The second-order valence-electron chi connectivity index (χ2n) is 7.67. The van der Waals surface area contributed by atoms with Gasteiger partial charge in [0, 0.05) is 20.0 Å². The van der Waals surface area contributed by atoms with E-state index in [4.69, 9.17) is 13.9 Å². The minimum atomic E-state index is -1.94. The van der Waals surface area contributed by atoms with E-state index in [1.165, 1.54) is 7.11 Å². The second kappa shape index (κ2) is 8.42. The second-order valence-corrected chi connectivity index (χ2v) is 12.5. The van der Waals surface area contributed by atoms with Crippen LogP contribution in [0.5, 0.6) is 0 Å². The minimum absolute atomic E-state index is 0.0597. The summed E-state index contributed by atoms with van der Waals surface area (Å²) in [6.45, 7) is 11.0. The number of hydrogen-bond donors (Lipinski definition) is 1. The molecule has 5 nitrogen and oxygen atoms in total. The van der Waals surface area contributed by atoms with Crippen molar-refractivity contribution in [3.8, 4) is 0 Å². The Hall–Kier alpha value is -0.693. The van der Waals surface area contributed by atoms with Crippen molar-refractivity contribution in [3.63, 3.8) is 0 Å². The van der Waals surface area contributed by atoms with E-state index in [0.717, 1.165) is 18.4 Å². The Morgan fingerprint density at radius 3 is 2.48 bits per heavy atom. The van der Waals surface area contributed by atoms with Crippen LogP contribution >= 0.6 is 0 Å². The molecule has 1 atom stereocenters. The molecule has 0 radical (unpaired) electrons. The van der Waals surface area contributed by atoms with Crippen molar-refractivity contribution in [1.82, 2.24) is 0 Å². The summed E-state index contributed by atoms with van der Waals surface area (Å²) in [5, 5.41) is 10.6. The van der Waals surface area contributed by atoms with Crippen LogP contribution < -0.4 is 0 Å². The van der Waals surface area contributed by atoms with Crippen molar-refractivity contribution in [3.05, 3.63) is 11.3 Å². The number of carbonyl (C=O) groups is 1. The van der Waals surface area contributed by atoms with Crippen LogP contribution in [0.3, 0.4) is 0 Å². The van der Waals surface area contributed by atoms with Gasteiger partial charge >= 0.3 is 0 Å². The van der Waals surface area contributed by atoms with Gasteiger partial charge in [-0.2, -0.15) is 0 Å². The molecule has 0 amide bonds. The standard InChI is InChI=1S/C17H32O5Si/c1-17(2,3)23(5,6)22-11-15(19)16(21-12-20-4)13-8-7-9-14(18)10-13/h15,19H,7-12H2,1-6H3/b16-13+. The molecule has 134 valence electrons. The molecule has 1 rings (SSSR count). The Labute approximate surface area is 141 Å². The molecule has 0 saturated heterocycles. The lowest BCUT2D eigenvalue weighted by Crippen LogP contribution is -2.43. The highest BCUT2D eigenvalue weighted by Crippen LogP contribution is 2.37. The van der Waals surface area contributed by atoms with Gasteiger partial charge < -0.3 is 19.0 Å². The van der Waals surface area contributed by atoms with Crippen molar-refractivity contribution >= 4 is 14.1 Å². The topological polar surface area (TPSA) is 65.0 Å². The van der Waals surface area contributed by atoms with Crippen LogP contribution in [0.15, 0.2) is 11.3 Å². The van der Waals surface area contributed by atoms with Gasteiger partial charge in [0.05, 0.1) is 6.61 Å². The molecule has 0 aromatic carbocycles. The fraction of sp³-hybridized carbons (Fsp3) is 0.824. The van der Waals surface area contributed by atoms with Gasteiger partial charge in [0.2, 0.25) is 0 Å². The van der Waals surface area contributed by atoms with Crippen LogP contribution in [-0.4, -0.2) is 45.8 Å². The van der Waals surface area contributed by atoms with Gasteiger partial charge in [-0.1, -0.05) is 20.8 Å². The maximum atomic E-state index is 11.7. The summed E-state index contributed by atoms with van der Waals surface area (Å²) in [6, 6.07) is 0. The van der Waals surface area contributed by atoms with Crippen LogP contribution in [0.2, 0.25) is 18.1 Å². The fourth-order valence-electron chi connectivity index (χ4n) is 2.26. The summed E-state index contributed by atoms with van der Waals surface area (Å²) >= 11 is 0. The number of allylic oxidation sites excluding steroid dienone is 1. The highest BCUT2D eigenvalue weighted by atomic mass is 28.4. The maximum absolute atomic E-state index is 11.7. The predicted molar refractivity (Wildman–Crippen MR) is 92.6 cm³/mol. The number of rotatable bonds is 7.